The topological polar surface area (TPSA) is 12.0 Å². The van der Waals surface area contributed by atoms with E-state index in [1.165, 1.54) is 6.07 Å². The molecule has 0 aliphatic carbocycles. The van der Waals surface area contributed by atoms with Gasteiger partial charge in [-0.15, -0.1) is 11.8 Å². The Hall–Kier alpha value is -1.54. The minimum absolute atomic E-state index is 0.330. The maximum absolute atomic E-state index is 13.3. The zero-order valence-electron chi connectivity index (χ0n) is 11.4. The highest BCUT2D eigenvalue weighted by atomic mass is 19.4. The third kappa shape index (κ3) is 4.53. The van der Waals surface area contributed by atoms with Crippen LogP contribution in [0.1, 0.15) is 43.9 Å². The molecule has 0 saturated carbocycles. The van der Waals surface area contributed by atoms with Crippen molar-refractivity contribution < 1.29 is 17.6 Å². The molecule has 0 heterocycles. The fourth-order valence-corrected chi connectivity index (χ4v) is 1.81. The summed E-state index contributed by atoms with van der Waals surface area (Å²) in [7, 11) is 0. The minimum atomic E-state index is -4.69. The molecule has 1 aromatic carbocycles. The predicted octanol–water partition coefficient (Wildman–Crippen LogP) is 4.30. The summed E-state index contributed by atoms with van der Waals surface area (Å²) < 4.78 is 51.4. The van der Waals surface area contributed by atoms with Gasteiger partial charge >= 0.3 is 6.18 Å². The van der Waals surface area contributed by atoms with Crippen LogP contribution in [0.2, 0.25) is 0 Å². The van der Waals surface area contributed by atoms with Crippen LogP contribution in [0.3, 0.4) is 0 Å². The quantitative estimate of drug-likeness (QED) is 0.629. The Bertz CT molecular complexity index is 497. The molecule has 0 aromatic heterocycles. The fraction of sp³-hybridized carbons (Fsp3) is 0.467. The van der Waals surface area contributed by atoms with E-state index in [-0.39, 0.29) is 6.04 Å². The van der Waals surface area contributed by atoms with E-state index in [1.54, 1.807) is 6.92 Å². The van der Waals surface area contributed by atoms with E-state index in [0.717, 1.165) is 18.6 Å². The lowest BCUT2D eigenvalue weighted by Gasteiger charge is -2.18. The Morgan fingerprint density at radius 2 is 2.00 bits per heavy atom. The van der Waals surface area contributed by atoms with Gasteiger partial charge in [-0.2, -0.15) is 13.2 Å². The molecule has 110 valence electrons. The number of rotatable bonds is 5. The lowest BCUT2D eigenvalue weighted by atomic mass is 10.0. The second kappa shape index (κ2) is 7.30. The smallest absolute Gasteiger partial charge is 0.309 e. The van der Waals surface area contributed by atoms with Gasteiger partial charge in [-0.25, -0.2) is 4.39 Å². The standard InChI is InChI=1S/C15H17F4N/c1-3-5-6-14(20-9-4-2)11-7-8-13(16)12(10-11)15(17,18)19/h7-8,10,14,20H,4,6,9H2,1-2H3. The molecule has 1 atom stereocenters. The van der Waals surface area contributed by atoms with Crippen LogP contribution in [-0.2, 0) is 6.18 Å². The Kier molecular flexibility index (Phi) is 6.03. The van der Waals surface area contributed by atoms with Crippen molar-refractivity contribution in [1.29, 1.82) is 0 Å². The Morgan fingerprint density at radius 3 is 2.55 bits per heavy atom. The number of hydrogen-bond acceptors (Lipinski definition) is 1. The van der Waals surface area contributed by atoms with E-state index in [0.29, 0.717) is 18.5 Å². The van der Waals surface area contributed by atoms with Crippen molar-refractivity contribution in [2.45, 2.75) is 38.9 Å². The van der Waals surface area contributed by atoms with Gasteiger partial charge in [0, 0.05) is 12.5 Å². The molecule has 1 unspecified atom stereocenters. The van der Waals surface area contributed by atoms with Crippen molar-refractivity contribution in [3.05, 3.63) is 35.1 Å². The zero-order chi connectivity index (χ0) is 15.2. The van der Waals surface area contributed by atoms with Gasteiger partial charge in [0.25, 0.3) is 0 Å². The molecule has 1 N–H and O–H groups in total. The van der Waals surface area contributed by atoms with Gasteiger partial charge in [0.05, 0.1) is 5.56 Å². The second-order valence-corrected chi connectivity index (χ2v) is 4.37. The van der Waals surface area contributed by atoms with Gasteiger partial charge in [-0.3, -0.25) is 0 Å². The normalized spacial score (nSPS) is 12.7. The monoisotopic (exact) mass is 287 g/mol. The summed E-state index contributed by atoms with van der Waals surface area (Å²) in [5.41, 5.74) is -0.835. The van der Waals surface area contributed by atoms with Gasteiger partial charge in [0.2, 0.25) is 0 Å². The molecule has 0 fully saturated rings. The second-order valence-electron chi connectivity index (χ2n) is 4.37. The lowest BCUT2D eigenvalue weighted by Crippen LogP contribution is -2.22. The van der Waals surface area contributed by atoms with Crippen LogP contribution in [0.5, 0.6) is 0 Å². The number of hydrogen-bond donors (Lipinski definition) is 1. The van der Waals surface area contributed by atoms with Gasteiger partial charge in [-0.05, 0) is 37.6 Å². The highest BCUT2D eigenvalue weighted by molar-refractivity contribution is 5.30. The summed E-state index contributed by atoms with van der Waals surface area (Å²) in [6.45, 7) is 4.29. The summed E-state index contributed by atoms with van der Waals surface area (Å²) in [6, 6.07) is 2.76. The average Bonchev–Trinajstić information content (AvgIpc) is 2.38. The van der Waals surface area contributed by atoms with Gasteiger partial charge in [0.15, 0.2) is 0 Å². The van der Waals surface area contributed by atoms with Crippen LogP contribution < -0.4 is 5.32 Å². The SMILES string of the molecule is CC#CCC(NCCC)c1ccc(F)c(C(F)(F)F)c1. The molecule has 1 rings (SSSR count). The molecule has 0 bridgehead atoms. The molecule has 0 radical (unpaired) electrons. The van der Waals surface area contributed by atoms with Crippen LogP contribution in [-0.4, -0.2) is 6.54 Å². The Morgan fingerprint density at radius 1 is 1.30 bits per heavy atom. The van der Waals surface area contributed by atoms with Crippen LogP contribution in [0, 0.1) is 17.7 Å². The lowest BCUT2D eigenvalue weighted by molar-refractivity contribution is -0.140. The van der Waals surface area contributed by atoms with Crippen LogP contribution >= 0.6 is 0 Å². The molecular formula is C15H17F4N. The van der Waals surface area contributed by atoms with E-state index in [4.69, 9.17) is 0 Å². The van der Waals surface area contributed by atoms with E-state index in [9.17, 15) is 17.6 Å². The number of nitrogens with one attached hydrogen (secondary N) is 1. The van der Waals surface area contributed by atoms with Crippen molar-refractivity contribution in [2.75, 3.05) is 6.54 Å². The predicted molar refractivity (Wildman–Crippen MR) is 70.5 cm³/mol. The minimum Gasteiger partial charge on any atom is -0.309 e. The highest BCUT2D eigenvalue weighted by Crippen LogP contribution is 2.33. The number of halogens is 4. The highest BCUT2D eigenvalue weighted by Gasteiger charge is 2.34. The summed E-state index contributed by atoms with van der Waals surface area (Å²) in [5.74, 6) is 4.30. The molecule has 1 aromatic rings. The molecule has 1 nitrogen and oxygen atoms in total. The molecule has 0 aliphatic heterocycles. The molecule has 0 saturated heterocycles. The van der Waals surface area contributed by atoms with Gasteiger partial charge in [0.1, 0.15) is 5.82 Å². The van der Waals surface area contributed by atoms with Crippen molar-refractivity contribution >= 4 is 0 Å². The van der Waals surface area contributed by atoms with E-state index in [1.807, 2.05) is 6.92 Å². The Balaban J connectivity index is 3.09. The first-order valence-corrected chi connectivity index (χ1v) is 6.39. The molecule has 0 amide bonds. The summed E-state index contributed by atoms with van der Waals surface area (Å²) >= 11 is 0. The zero-order valence-corrected chi connectivity index (χ0v) is 11.4. The first-order valence-electron chi connectivity index (χ1n) is 6.39. The van der Waals surface area contributed by atoms with E-state index >= 15 is 0 Å². The van der Waals surface area contributed by atoms with Crippen molar-refractivity contribution in [3.63, 3.8) is 0 Å². The summed E-state index contributed by atoms with van der Waals surface area (Å²) in [4.78, 5) is 0. The largest absolute Gasteiger partial charge is 0.419 e. The van der Waals surface area contributed by atoms with Crippen molar-refractivity contribution in [1.82, 2.24) is 5.32 Å². The summed E-state index contributed by atoms with van der Waals surface area (Å²) in [6.07, 6.45) is -3.45. The maximum Gasteiger partial charge on any atom is 0.419 e. The van der Waals surface area contributed by atoms with Crippen LogP contribution in [0.25, 0.3) is 0 Å². The molecule has 0 spiro atoms. The van der Waals surface area contributed by atoms with Crippen LogP contribution in [0.15, 0.2) is 18.2 Å². The molecule has 0 aliphatic rings. The summed E-state index contributed by atoms with van der Waals surface area (Å²) in [5, 5.41) is 3.13. The van der Waals surface area contributed by atoms with Crippen molar-refractivity contribution in [3.8, 4) is 11.8 Å². The fourth-order valence-electron chi connectivity index (χ4n) is 1.81. The third-order valence-corrected chi connectivity index (χ3v) is 2.82. The first-order chi connectivity index (χ1) is 9.40. The Labute approximate surface area is 116 Å². The van der Waals surface area contributed by atoms with Crippen LogP contribution in [0.4, 0.5) is 17.6 Å². The van der Waals surface area contributed by atoms with Crippen molar-refractivity contribution in [2.24, 2.45) is 0 Å². The maximum atomic E-state index is 13.3. The molecule has 20 heavy (non-hydrogen) atoms. The average molecular weight is 287 g/mol. The molecular weight excluding hydrogens is 270 g/mol. The third-order valence-electron chi connectivity index (χ3n) is 2.82. The molecule has 5 heteroatoms. The van der Waals surface area contributed by atoms with Gasteiger partial charge < -0.3 is 5.32 Å². The number of alkyl halides is 3. The van der Waals surface area contributed by atoms with E-state index < -0.39 is 17.6 Å². The number of benzene rings is 1. The van der Waals surface area contributed by atoms with Gasteiger partial charge in [-0.1, -0.05) is 13.0 Å². The van der Waals surface area contributed by atoms with E-state index in [2.05, 4.69) is 17.2 Å². The first kappa shape index (κ1) is 16.5.